The van der Waals surface area contributed by atoms with Crippen molar-refractivity contribution in [2.75, 3.05) is 17.7 Å². The van der Waals surface area contributed by atoms with E-state index in [0.717, 1.165) is 22.4 Å². The van der Waals surface area contributed by atoms with Crippen molar-refractivity contribution in [1.82, 2.24) is 9.97 Å². The minimum atomic E-state index is -0.364. The number of aromatic nitrogens is 2. The van der Waals surface area contributed by atoms with E-state index < -0.39 is 0 Å². The Morgan fingerprint density at radius 2 is 1.76 bits per heavy atom. The van der Waals surface area contributed by atoms with E-state index in [4.69, 9.17) is 4.74 Å². The van der Waals surface area contributed by atoms with Gasteiger partial charge in [0.05, 0.1) is 18.2 Å². The zero-order valence-corrected chi connectivity index (χ0v) is 14.4. The molecule has 0 aliphatic heterocycles. The summed E-state index contributed by atoms with van der Waals surface area (Å²) in [6.45, 7) is 4.13. The molecule has 2 N–H and O–H groups in total. The van der Waals surface area contributed by atoms with Crippen LogP contribution in [0.25, 0.3) is 10.9 Å². The molecule has 0 saturated heterocycles. The van der Waals surface area contributed by atoms with E-state index in [1.165, 1.54) is 7.11 Å². The first-order valence-corrected chi connectivity index (χ1v) is 8.05. The van der Waals surface area contributed by atoms with E-state index in [1.807, 2.05) is 24.3 Å². The summed E-state index contributed by atoms with van der Waals surface area (Å²) in [6.07, 6.45) is 0. The Morgan fingerprint density at radius 3 is 2.44 bits per heavy atom. The SMILES string of the molecule is COC(=O)c1ccc(Nc2nc(NC(C)C)c3ccccc3n2)cc1. The third-order valence-electron chi connectivity index (χ3n) is 3.59. The van der Waals surface area contributed by atoms with E-state index in [1.54, 1.807) is 24.3 Å². The number of anilines is 3. The molecule has 0 unspecified atom stereocenters. The van der Waals surface area contributed by atoms with Crippen molar-refractivity contribution < 1.29 is 9.53 Å². The number of nitrogens with one attached hydrogen (secondary N) is 2. The van der Waals surface area contributed by atoms with Crippen molar-refractivity contribution in [2.24, 2.45) is 0 Å². The third-order valence-corrected chi connectivity index (χ3v) is 3.59. The van der Waals surface area contributed by atoms with E-state index in [2.05, 4.69) is 34.4 Å². The molecule has 1 aromatic heterocycles. The number of hydrogen-bond donors (Lipinski definition) is 2. The molecule has 0 aliphatic carbocycles. The highest BCUT2D eigenvalue weighted by atomic mass is 16.5. The maximum Gasteiger partial charge on any atom is 0.337 e. The summed E-state index contributed by atoms with van der Waals surface area (Å²) in [5, 5.41) is 7.51. The van der Waals surface area contributed by atoms with Gasteiger partial charge in [0.15, 0.2) is 0 Å². The molecule has 128 valence electrons. The Kier molecular flexibility index (Phi) is 4.79. The number of benzene rings is 2. The molecule has 2 aromatic carbocycles. The van der Waals surface area contributed by atoms with E-state index >= 15 is 0 Å². The molecule has 0 fully saturated rings. The molecule has 3 aromatic rings. The normalized spacial score (nSPS) is 10.7. The number of esters is 1. The fourth-order valence-corrected chi connectivity index (χ4v) is 2.45. The van der Waals surface area contributed by atoms with Crippen LogP contribution >= 0.6 is 0 Å². The number of fused-ring (bicyclic) bond motifs is 1. The standard InChI is InChI=1S/C19H20N4O2/c1-12(2)20-17-15-6-4-5-7-16(15)22-19(23-17)21-14-10-8-13(9-11-14)18(24)25-3/h4-12H,1-3H3,(H2,20,21,22,23). The highest BCUT2D eigenvalue weighted by Gasteiger charge is 2.09. The van der Waals surface area contributed by atoms with Gasteiger partial charge in [-0.05, 0) is 50.2 Å². The molecule has 25 heavy (non-hydrogen) atoms. The van der Waals surface area contributed by atoms with Gasteiger partial charge in [0.1, 0.15) is 5.82 Å². The van der Waals surface area contributed by atoms with Gasteiger partial charge in [-0.15, -0.1) is 0 Å². The quantitative estimate of drug-likeness (QED) is 0.686. The Bertz CT molecular complexity index is 892. The topological polar surface area (TPSA) is 76.1 Å². The first kappa shape index (κ1) is 16.7. The number of nitrogens with zero attached hydrogens (tertiary/aromatic N) is 2. The van der Waals surface area contributed by atoms with Crippen LogP contribution in [-0.4, -0.2) is 29.1 Å². The first-order valence-electron chi connectivity index (χ1n) is 8.05. The number of methoxy groups -OCH3 is 1. The Morgan fingerprint density at radius 1 is 1.04 bits per heavy atom. The number of rotatable bonds is 5. The van der Waals surface area contributed by atoms with Crippen LogP contribution < -0.4 is 10.6 Å². The van der Waals surface area contributed by atoms with Crippen molar-refractivity contribution in [1.29, 1.82) is 0 Å². The zero-order chi connectivity index (χ0) is 17.8. The number of hydrogen-bond acceptors (Lipinski definition) is 6. The molecule has 3 rings (SSSR count). The lowest BCUT2D eigenvalue weighted by Crippen LogP contribution is -2.12. The maximum absolute atomic E-state index is 11.5. The summed E-state index contributed by atoms with van der Waals surface area (Å²) in [5.74, 6) is 0.916. The van der Waals surface area contributed by atoms with Crippen LogP contribution in [0.1, 0.15) is 24.2 Å². The van der Waals surface area contributed by atoms with Gasteiger partial charge >= 0.3 is 5.97 Å². The van der Waals surface area contributed by atoms with Crippen molar-refractivity contribution in [3.8, 4) is 0 Å². The fourth-order valence-electron chi connectivity index (χ4n) is 2.45. The Balaban J connectivity index is 1.91. The molecule has 0 spiro atoms. The van der Waals surface area contributed by atoms with Gasteiger partial charge in [-0.2, -0.15) is 4.98 Å². The van der Waals surface area contributed by atoms with Crippen LogP contribution in [0.5, 0.6) is 0 Å². The predicted molar refractivity (Wildman–Crippen MR) is 99.4 cm³/mol. The van der Waals surface area contributed by atoms with E-state index in [-0.39, 0.29) is 12.0 Å². The van der Waals surface area contributed by atoms with Crippen LogP contribution in [0.4, 0.5) is 17.5 Å². The van der Waals surface area contributed by atoms with Gasteiger partial charge in [0.25, 0.3) is 0 Å². The van der Waals surface area contributed by atoms with Crippen molar-refractivity contribution in [2.45, 2.75) is 19.9 Å². The largest absolute Gasteiger partial charge is 0.465 e. The highest BCUT2D eigenvalue weighted by Crippen LogP contribution is 2.24. The number of carbonyl (C=O) groups is 1. The molecule has 0 radical (unpaired) electrons. The summed E-state index contributed by atoms with van der Waals surface area (Å²) < 4.78 is 4.70. The lowest BCUT2D eigenvalue weighted by Gasteiger charge is -2.14. The smallest absolute Gasteiger partial charge is 0.337 e. The second-order valence-corrected chi connectivity index (χ2v) is 5.91. The molecule has 0 saturated carbocycles. The van der Waals surface area contributed by atoms with Gasteiger partial charge < -0.3 is 15.4 Å². The summed E-state index contributed by atoms with van der Waals surface area (Å²) in [7, 11) is 1.36. The molecule has 6 nitrogen and oxygen atoms in total. The maximum atomic E-state index is 11.5. The van der Waals surface area contributed by atoms with Gasteiger partial charge in [-0.25, -0.2) is 9.78 Å². The van der Waals surface area contributed by atoms with Gasteiger partial charge in [0, 0.05) is 17.1 Å². The van der Waals surface area contributed by atoms with Gasteiger partial charge in [0.2, 0.25) is 5.95 Å². The molecule has 0 aliphatic rings. The first-order chi connectivity index (χ1) is 12.1. The lowest BCUT2D eigenvalue weighted by molar-refractivity contribution is 0.0601. The second-order valence-electron chi connectivity index (χ2n) is 5.91. The second kappa shape index (κ2) is 7.17. The van der Waals surface area contributed by atoms with Crippen LogP contribution in [0.2, 0.25) is 0 Å². The van der Waals surface area contributed by atoms with Gasteiger partial charge in [-0.1, -0.05) is 12.1 Å². The van der Waals surface area contributed by atoms with Crippen LogP contribution in [0, 0.1) is 0 Å². The average Bonchev–Trinajstić information content (AvgIpc) is 2.61. The third kappa shape index (κ3) is 3.85. The molecule has 0 bridgehead atoms. The van der Waals surface area contributed by atoms with Crippen LogP contribution in [-0.2, 0) is 4.74 Å². The highest BCUT2D eigenvalue weighted by molar-refractivity contribution is 5.91. The molecule has 1 heterocycles. The van der Waals surface area contributed by atoms with Crippen LogP contribution in [0.3, 0.4) is 0 Å². The number of para-hydroxylation sites is 1. The number of carbonyl (C=O) groups excluding carboxylic acids is 1. The van der Waals surface area contributed by atoms with E-state index in [9.17, 15) is 4.79 Å². The zero-order valence-electron chi connectivity index (χ0n) is 14.4. The minimum Gasteiger partial charge on any atom is -0.465 e. The van der Waals surface area contributed by atoms with Crippen molar-refractivity contribution in [3.05, 3.63) is 54.1 Å². The molecular weight excluding hydrogens is 316 g/mol. The molecular formula is C19H20N4O2. The summed E-state index contributed by atoms with van der Waals surface area (Å²) in [6, 6.07) is 15.1. The lowest BCUT2D eigenvalue weighted by atomic mass is 10.2. The fraction of sp³-hybridized carbons (Fsp3) is 0.211. The van der Waals surface area contributed by atoms with Crippen LogP contribution in [0.15, 0.2) is 48.5 Å². The molecule has 6 heteroatoms. The monoisotopic (exact) mass is 336 g/mol. The molecule has 0 amide bonds. The van der Waals surface area contributed by atoms with E-state index in [0.29, 0.717) is 11.5 Å². The minimum absolute atomic E-state index is 0.255. The average molecular weight is 336 g/mol. The van der Waals surface area contributed by atoms with Crippen molar-refractivity contribution in [3.63, 3.8) is 0 Å². The summed E-state index contributed by atoms with van der Waals surface area (Å²) in [4.78, 5) is 20.6. The Hall–Kier alpha value is -3.15. The summed E-state index contributed by atoms with van der Waals surface area (Å²) in [5.41, 5.74) is 2.14. The van der Waals surface area contributed by atoms with Gasteiger partial charge in [-0.3, -0.25) is 0 Å². The Labute approximate surface area is 146 Å². The predicted octanol–water partition coefficient (Wildman–Crippen LogP) is 3.98. The number of ether oxygens (including phenoxy) is 1. The molecule has 0 atom stereocenters. The summed E-state index contributed by atoms with van der Waals surface area (Å²) >= 11 is 0. The van der Waals surface area contributed by atoms with Crippen molar-refractivity contribution >= 4 is 34.3 Å².